The Morgan fingerprint density at radius 1 is 1.00 bits per heavy atom. The molecule has 0 N–H and O–H groups in total. The molecule has 0 aliphatic heterocycles. The van der Waals surface area contributed by atoms with Crippen molar-refractivity contribution in [1.29, 1.82) is 0 Å². The van der Waals surface area contributed by atoms with Gasteiger partial charge in [0.2, 0.25) is 0 Å². The van der Waals surface area contributed by atoms with Crippen molar-refractivity contribution in [3.05, 3.63) is 106 Å². The third-order valence-corrected chi connectivity index (χ3v) is 5.82. The van der Waals surface area contributed by atoms with Gasteiger partial charge >= 0.3 is 0 Å². The number of ether oxygens (including phenoxy) is 2. The molecule has 0 atom stereocenters. The van der Waals surface area contributed by atoms with Crippen molar-refractivity contribution < 1.29 is 14.3 Å². The molecule has 0 saturated heterocycles. The van der Waals surface area contributed by atoms with E-state index in [1.807, 2.05) is 79.9 Å². The SMILES string of the molecule is C=C(/C=C(/C)OC)N(C)C(=O)c1scc(N=C(c2ccccc2)c2ccccc2)c1OC.CC. The fraction of sp³-hybridized carbons (Fsp3) is 0.214. The summed E-state index contributed by atoms with van der Waals surface area (Å²) in [5, 5.41) is 1.84. The van der Waals surface area contributed by atoms with E-state index in [1.54, 1.807) is 34.3 Å². The first kappa shape index (κ1) is 26.6. The van der Waals surface area contributed by atoms with Gasteiger partial charge in [0.25, 0.3) is 5.91 Å². The Kier molecular flexibility index (Phi) is 10.3. The van der Waals surface area contributed by atoms with Gasteiger partial charge in [0.1, 0.15) is 10.6 Å². The average molecular weight is 477 g/mol. The largest absolute Gasteiger partial charge is 0.501 e. The number of methoxy groups -OCH3 is 2. The van der Waals surface area contributed by atoms with Crippen LogP contribution in [0.3, 0.4) is 0 Å². The molecule has 0 aliphatic carbocycles. The van der Waals surface area contributed by atoms with Crippen molar-refractivity contribution in [2.45, 2.75) is 20.8 Å². The molecule has 34 heavy (non-hydrogen) atoms. The number of allylic oxidation sites excluding steroid dienone is 2. The summed E-state index contributed by atoms with van der Waals surface area (Å²) in [4.78, 5) is 20.0. The van der Waals surface area contributed by atoms with Crippen LogP contribution in [0.25, 0.3) is 0 Å². The summed E-state index contributed by atoms with van der Waals surface area (Å²) >= 11 is 1.30. The molecule has 5 nitrogen and oxygen atoms in total. The number of benzene rings is 2. The van der Waals surface area contributed by atoms with Crippen LogP contribution in [0, 0.1) is 0 Å². The summed E-state index contributed by atoms with van der Waals surface area (Å²) in [5.41, 5.74) is 3.88. The highest BCUT2D eigenvalue weighted by atomic mass is 32.1. The zero-order chi connectivity index (χ0) is 25.1. The van der Waals surface area contributed by atoms with Gasteiger partial charge < -0.3 is 14.4 Å². The highest BCUT2D eigenvalue weighted by Gasteiger charge is 2.23. The molecule has 0 aliphatic rings. The van der Waals surface area contributed by atoms with Crippen molar-refractivity contribution in [2.24, 2.45) is 4.99 Å². The number of hydrogen-bond donors (Lipinski definition) is 0. The minimum atomic E-state index is -0.223. The Labute approximate surface area is 206 Å². The maximum Gasteiger partial charge on any atom is 0.271 e. The van der Waals surface area contributed by atoms with Gasteiger partial charge in [-0.1, -0.05) is 81.1 Å². The van der Waals surface area contributed by atoms with Crippen molar-refractivity contribution in [2.75, 3.05) is 21.3 Å². The molecular formula is C28H32N2O3S. The molecule has 1 amide bonds. The van der Waals surface area contributed by atoms with E-state index in [0.29, 0.717) is 27.8 Å². The second kappa shape index (κ2) is 13.2. The first-order valence-corrected chi connectivity index (χ1v) is 11.9. The van der Waals surface area contributed by atoms with E-state index < -0.39 is 0 Å². The molecule has 0 spiro atoms. The molecule has 3 rings (SSSR count). The van der Waals surface area contributed by atoms with Crippen LogP contribution in [-0.4, -0.2) is 37.8 Å². The summed E-state index contributed by atoms with van der Waals surface area (Å²) in [6, 6.07) is 19.9. The fourth-order valence-electron chi connectivity index (χ4n) is 3.04. The van der Waals surface area contributed by atoms with Gasteiger partial charge in [-0.2, -0.15) is 0 Å². The third kappa shape index (κ3) is 6.45. The van der Waals surface area contributed by atoms with Crippen LogP contribution in [0.5, 0.6) is 5.75 Å². The molecule has 178 valence electrons. The van der Waals surface area contributed by atoms with Crippen LogP contribution < -0.4 is 4.74 Å². The predicted octanol–water partition coefficient (Wildman–Crippen LogP) is 7.09. The Balaban J connectivity index is 0.00000199. The van der Waals surface area contributed by atoms with Crippen molar-refractivity contribution in [3.63, 3.8) is 0 Å². The standard InChI is InChI=1S/C26H26N2O3S.C2H6/c1-18(16-19(2)30-4)28(3)26(29)25-24(31-5)22(17-32-25)27-23(20-12-8-6-9-13-20)21-14-10-7-11-15-21;1-2/h6-17H,1H2,2-5H3;1-2H3/b19-16-;. The zero-order valence-electron chi connectivity index (χ0n) is 20.7. The van der Waals surface area contributed by atoms with Gasteiger partial charge in [-0.25, -0.2) is 4.99 Å². The maximum absolute atomic E-state index is 13.2. The lowest BCUT2D eigenvalue weighted by atomic mass is 10.0. The van der Waals surface area contributed by atoms with Gasteiger partial charge in [-0.05, 0) is 13.0 Å². The zero-order valence-corrected chi connectivity index (χ0v) is 21.5. The number of nitrogens with zero attached hydrogens (tertiary/aromatic N) is 2. The maximum atomic E-state index is 13.2. The Bertz CT molecular complexity index is 1110. The van der Waals surface area contributed by atoms with Crippen molar-refractivity contribution in [1.82, 2.24) is 4.90 Å². The van der Waals surface area contributed by atoms with Crippen LogP contribution in [0.1, 0.15) is 41.6 Å². The number of amides is 1. The summed E-state index contributed by atoms with van der Waals surface area (Å²) in [6.45, 7) is 9.77. The van der Waals surface area contributed by atoms with Crippen molar-refractivity contribution in [3.8, 4) is 5.75 Å². The van der Waals surface area contributed by atoms with Crippen LogP contribution >= 0.6 is 11.3 Å². The number of likely N-dealkylation sites (N-methyl/N-ethyl adjacent to an activating group) is 1. The lowest BCUT2D eigenvalue weighted by Crippen LogP contribution is -2.24. The molecule has 1 heterocycles. The third-order valence-electron chi connectivity index (χ3n) is 4.88. The lowest BCUT2D eigenvalue weighted by Gasteiger charge is -2.17. The number of aliphatic imine (C=N–C) groups is 1. The van der Waals surface area contributed by atoms with Gasteiger partial charge in [-0.15, -0.1) is 11.3 Å². The normalized spacial score (nSPS) is 10.5. The van der Waals surface area contributed by atoms with Gasteiger partial charge in [0.15, 0.2) is 5.75 Å². The molecule has 0 radical (unpaired) electrons. The molecule has 2 aromatic carbocycles. The van der Waals surface area contributed by atoms with Gasteiger partial charge in [0, 0.05) is 29.3 Å². The molecular weight excluding hydrogens is 444 g/mol. The van der Waals surface area contributed by atoms with E-state index in [-0.39, 0.29) is 5.91 Å². The van der Waals surface area contributed by atoms with Crippen molar-refractivity contribution >= 4 is 28.6 Å². The first-order chi connectivity index (χ1) is 16.5. The molecule has 0 bridgehead atoms. The quantitative estimate of drug-likeness (QED) is 0.198. The Morgan fingerprint density at radius 2 is 1.53 bits per heavy atom. The van der Waals surface area contributed by atoms with Crippen LogP contribution in [0.15, 0.2) is 95.1 Å². The molecule has 1 aromatic heterocycles. The topological polar surface area (TPSA) is 51.1 Å². The molecule has 0 unspecified atom stereocenters. The molecule has 3 aromatic rings. The highest BCUT2D eigenvalue weighted by Crippen LogP contribution is 2.39. The summed E-state index contributed by atoms with van der Waals surface area (Å²) in [6.07, 6.45) is 1.71. The van der Waals surface area contributed by atoms with Crippen LogP contribution in [-0.2, 0) is 4.74 Å². The number of carbonyl (C=O) groups is 1. The number of rotatable bonds is 8. The fourth-order valence-corrected chi connectivity index (χ4v) is 3.96. The number of thiophene rings is 1. The van der Waals surface area contributed by atoms with E-state index in [1.165, 1.54) is 16.2 Å². The summed E-state index contributed by atoms with van der Waals surface area (Å²) < 4.78 is 10.8. The highest BCUT2D eigenvalue weighted by molar-refractivity contribution is 7.13. The molecule has 0 fully saturated rings. The van der Waals surface area contributed by atoms with E-state index >= 15 is 0 Å². The molecule has 6 heteroatoms. The summed E-state index contributed by atoms with van der Waals surface area (Å²) in [7, 11) is 4.79. The molecule has 0 saturated carbocycles. The Hall–Kier alpha value is -3.64. The van der Waals surface area contributed by atoms with Gasteiger partial charge in [-0.3, -0.25) is 4.79 Å². The minimum absolute atomic E-state index is 0.223. The predicted molar refractivity (Wildman–Crippen MR) is 142 cm³/mol. The summed E-state index contributed by atoms with van der Waals surface area (Å²) in [5.74, 6) is 0.879. The van der Waals surface area contributed by atoms with Gasteiger partial charge in [0.05, 0.1) is 25.7 Å². The first-order valence-electron chi connectivity index (χ1n) is 11.0. The second-order valence-corrected chi connectivity index (χ2v) is 7.87. The lowest BCUT2D eigenvalue weighted by molar-refractivity contribution is 0.0842. The van der Waals surface area contributed by atoms with Crippen LogP contribution in [0.2, 0.25) is 0 Å². The van der Waals surface area contributed by atoms with E-state index in [2.05, 4.69) is 6.58 Å². The monoisotopic (exact) mass is 476 g/mol. The van der Waals surface area contributed by atoms with E-state index in [4.69, 9.17) is 14.5 Å². The average Bonchev–Trinajstić information content (AvgIpc) is 3.30. The van der Waals surface area contributed by atoms with E-state index in [0.717, 1.165) is 16.8 Å². The Morgan fingerprint density at radius 3 is 2.00 bits per heavy atom. The van der Waals surface area contributed by atoms with Crippen LogP contribution in [0.4, 0.5) is 5.69 Å². The number of hydrogen-bond acceptors (Lipinski definition) is 5. The minimum Gasteiger partial charge on any atom is -0.501 e. The number of carbonyl (C=O) groups excluding carboxylic acids is 1. The second-order valence-electron chi connectivity index (χ2n) is 6.99. The smallest absolute Gasteiger partial charge is 0.271 e. The van der Waals surface area contributed by atoms with E-state index in [9.17, 15) is 4.79 Å².